The minimum absolute atomic E-state index is 0.00726. The molecular weight excluding hydrogens is 472 g/mol. The van der Waals surface area contributed by atoms with Gasteiger partial charge in [0.1, 0.15) is 0 Å². The molecular formula is C32H30N4O2. The van der Waals surface area contributed by atoms with Crippen molar-refractivity contribution in [3.05, 3.63) is 125 Å². The highest BCUT2D eigenvalue weighted by atomic mass is 16.3. The number of rotatable bonds is 7. The summed E-state index contributed by atoms with van der Waals surface area (Å²) in [4.78, 5) is 25.2. The Bertz CT molecular complexity index is 1590. The van der Waals surface area contributed by atoms with Crippen LogP contribution in [0.25, 0.3) is 10.9 Å². The number of aromatic nitrogens is 1. The van der Waals surface area contributed by atoms with E-state index in [0.717, 1.165) is 34.4 Å². The fourth-order valence-corrected chi connectivity index (χ4v) is 4.54. The van der Waals surface area contributed by atoms with Crippen molar-refractivity contribution in [2.45, 2.75) is 6.54 Å². The number of hydrogen-bond donors (Lipinski definition) is 2. The molecule has 2 N–H and O–H groups in total. The lowest BCUT2D eigenvalue weighted by Crippen LogP contribution is -2.26. The number of nitrogens with zero attached hydrogens (tertiary/aromatic N) is 3. The molecule has 0 fully saturated rings. The number of hydrogen-bond acceptors (Lipinski definition) is 4. The molecule has 0 saturated heterocycles. The summed E-state index contributed by atoms with van der Waals surface area (Å²) in [6.07, 6.45) is 0. The Morgan fingerprint density at radius 1 is 0.816 bits per heavy atom. The molecule has 5 aromatic rings. The van der Waals surface area contributed by atoms with E-state index in [-0.39, 0.29) is 11.8 Å². The highest BCUT2D eigenvalue weighted by molar-refractivity contribution is 6.22. The van der Waals surface area contributed by atoms with Gasteiger partial charge in [-0.25, -0.2) is 4.99 Å². The number of benzene rings is 4. The lowest BCUT2D eigenvalue weighted by molar-refractivity contribution is 0.0993. The highest BCUT2D eigenvalue weighted by Gasteiger charge is 2.21. The average molecular weight is 503 g/mol. The molecule has 0 spiro atoms. The van der Waals surface area contributed by atoms with Crippen LogP contribution in [-0.4, -0.2) is 47.8 Å². The molecule has 0 aliphatic carbocycles. The maximum absolute atomic E-state index is 13.4. The first-order valence-electron chi connectivity index (χ1n) is 12.5. The monoisotopic (exact) mass is 502 g/mol. The van der Waals surface area contributed by atoms with E-state index in [0.29, 0.717) is 16.8 Å². The second kappa shape index (κ2) is 10.7. The predicted molar refractivity (Wildman–Crippen MR) is 155 cm³/mol. The van der Waals surface area contributed by atoms with Gasteiger partial charge in [0.25, 0.3) is 5.91 Å². The van der Waals surface area contributed by atoms with Crippen LogP contribution >= 0.6 is 0 Å². The summed E-state index contributed by atoms with van der Waals surface area (Å²) in [6, 6.07) is 32.8. The van der Waals surface area contributed by atoms with Crippen LogP contribution in [0.2, 0.25) is 0 Å². The second-order valence-corrected chi connectivity index (χ2v) is 9.54. The number of H-pyrrole nitrogens is 1. The number of nitrogens with one attached hydrogen (secondary N) is 1. The van der Waals surface area contributed by atoms with Crippen LogP contribution in [0.4, 0.5) is 11.4 Å². The summed E-state index contributed by atoms with van der Waals surface area (Å²) >= 11 is 0. The SMILES string of the molecule is CN(C)Cc1ccc(N=C(c2ccccc2)c2c(O)[nH]c3ccc(C(=O)N(C)c4ccccc4)cc23)cc1. The van der Waals surface area contributed by atoms with Gasteiger partial charge < -0.3 is 19.9 Å². The van der Waals surface area contributed by atoms with Gasteiger partial charge in [0.05, 0.1) is 17.0 Å². The fraction of sp³-hybridized carbons (Fsp3) is 0.125. The van der Waals surface area contributed by atoms with Gasteiger partial charge in [-0.15, -0.1) is 0 Å². The molecule has 190 valence electrons. The van der Waals surface area contributed by atoms with Crippen molar-refractivity contribution in [1.82, 2.24) is 9.88 Å². The molecule has 6 nitrogen and oxygen atoms in total. The topological polar surface area (TPSA) is 71.9 Å². The van der Waals surface area contributed by atoms with E-state index in [4.69, 9.17) is 4.99 Å². The zero-order valence-electron chi connectivity index (χ0n) is 21.7. The molecule has 0 aliphatic heterocycles. The third kappa shape index (κ3) is 5.21. The van der Waals surface area contributed by atoms with Crippen molar-refractivity contribution in [3.8, 4) is 5.88 Å². The van der Waals surface area contributed by atoms with E-state index in [9.17, 15) is 9.90 Å². The smallest absolute Gasteiger partial charge is 0.258 e. The number of para-hydroxylation sites is 1. The van der Waals surface area contributed by atoms with Crippen molar-refractivity contribution in [2.24, 2.45) is 4.99 Å². The van der Waals surface area contributed by atoms with E-state index in [1.54, 1.807) is 18.0 Å². The molecule has 6 heteroatoms. The zero-order valence-corrected chi connectivity index (χ0v) is 21.7. The average Bonchev–Trinajstić information content (AvgIpc) is 3.27. The molecule has 4 aromatic carbocycles. The quantitative estimate of drug-likeness (QED) is 0.254. The number of aromatic hydroxyl groups is 1. The summed E-state index contributed by atoms with van der Waals surface area (Å²) in [5.74, 6) is -0.132. The number of anilines is 1. The van der Waals surface area contributed by atoms with Crippen LogP contribution in [0, 0.1) is 0 Å². The van der Waals surface area contributed by atoms with Gasteiger partial charge in [0, 0.05) is 41.3 Å². The van der Waals surface area contributed by atoms with Crippen LogP contribution in [0.15, 0.2) is 108 Å². The van der Waals surface area contributed by atoms with Crippen LogP contribution in [0.5, 0.6) is 5.88 Å². The van der Waals surface area contributed by atoms with Gasteiger partial charge in [-0.2, -0.15) is 0 Å². The third-order valence-electron chi connectivity index (χ3n) is 6.43. The number of carbonyl (C=O) groups is 1. The molecule has 0 aliphatic rings. The summed E-state index contributed by atoms with van der Waals surface area (Å²) in [5, 5.41) is 11.8. The molecule has 1 aromatic heterocycles. The van der Waals surface area contributed by atoms with Crippen molar-refractivity contribution in [1.29, 1.82) is 0 Å². The van der Waals surface area contributed by atoms with Gasteiger partial charge in [-0.3, -0.25) is 4.79 Å². The zero-order chi connectivity index (χ0) is 26.6. The summed E-state index contributed by atoms with van der Waals surface area (Å²) in [7, 11) is 5.83. The normalized spacial score (nSPS) is 11.7. The molecule has 0 atom stereocenters. The van der Waals surface area contributed by atoms with Crippen molar-refractivity contribution < 1.29 is 9.90 Å². The molecule has 0 saturated carbocycles. The first kappa shape index (κ1) is 25.0. The van der Waals surface area contributed by atoms with Crippen molar-refractivity contribution in [2.75, 3.05) is 26.0 Å². The largest absolute Gasteiger partial charge is 0.494 e. The Balaban J connectivity index is 1.61. The van der Waals surface area contributed by atoms with Crippen molar-refractivity contribution in [3.63, 3.8) is 0 Å². The first-order chi connectivity index (χ1) is 18.4. The molecule has 0 unspecified atom stereocenters. The van der Waals surface area contributed by atoms with Crippen LogP contribution < -0.4 is 4.90 Å². The molecule has 0 bridgehead atoms. The Labute approximate surface area is 222 Å². The highest BCUT2D eigenvalue weighted by Crippen LogP contribution is 2.33. The lowest BCUT2D eigenvalue weighted by atomic mass is 9.99. The van der Waals surface area contributed by atoms with Crippen LogP contribution in [0.3, 0.4) is 0 Å². The second-order valence-electron chi connectivity index (χ2n) is 9.54. The summed E-state index contributed by atoms with van der Waals surface area (Å²) < 4.78 is 0. The number of aliphatic imine (C=N–C) groups is 1. The summed E-state index contributed by atoms with van der Waals surface area (Å²) in [5.41, 5.74) is 6.05. The van der Waals surface area contributed by atoms with Gasteiger partial charge in [-0.1, -0.05) is 60.7 Å². The maximum atomic E-state index is 13.4. The maximum Gasteiger partial charge on any atom is 0.258 e. The molecule has 1 amide bonds. The summed E-state index contributed by atoms with van der Waals surface area (Å²) in [6.45, 7) is 0.840. The Hall–Kier alpha value is -4.68. The van der Waals surface area contributed by atoms with Crippen LogP contribution in [-0.2, 0) is 6.54 Å². The standard InChI is InChI=1S/C32H30N4O2/c1-35(2)21-22-14-17-25(18-15-22)33-30(23-10-6-4-7-11-23)29-27-20-24(16-19-28(27)34-31(29)37)32(38)36(3)26-12-8-5-9-13-26/h4-20,34,37H,21H2,1-3H3. The van der Waals surface area contributed by atoms with E-state index in [1.807, 2.05) is 99.0 Å². The molecule has 0 radical (unpaired) electrons. The Morgan fingerprint density at radius 2 is 1.47 bits per heavy atom. The van der Waals surface area contributed by atoms with Gasteiger partial charge in [0.15, 0.2) is 5.88 Å². The van der Waals surface area contributed by atoms with Crippen molar-refractivity contribution >= 4 is 33.9 Å². The number of carbonyl (C=O) groups excluding carboxylic acids is 1. The van der Waals surface area contributed by atoms with Gasteiger partial charge in [0.2, 0.25) is 0 Å². The molecule has 5 rings (SSSR count). The minimum atomic E-state index is -0.139. The van der Waals surface area contributed by atoms with E-state index in [2.05, 4.69) is 22.0 Å². The van der Waals surface area contributed by atoms with E-state index >= 15 is 0 Å². The van der Waals surface area contributed by atoms with Gasteiger partial charge >= 0.3 is 0 Å². The Kier molecular flexibility index (Phi) is 7.07. The first-order valence-corrected chi connectivity index (χ1v) is 12.5. The Morgan fingerprint density at radius 3 is 2.13 bits per heavy atom. The predicted octanol–water partition coefficient (Wildman–Crippen LogP) is 6.38. The number of fused-ring (bicyclic) bond motifs is 1. The lowest BCUT2D eigenvalue weighted by Gasteiger charge is -2.17. The number of amides is 1. The number of aromatic amines is 1. The fourth-order valence-electron chi connectivity index (χ4n) is 4.54. The third-order valence-corrected chi connectivity index (χ3v) is 6.43. The van der Waals surface area contributed by atoms with Crippen LogP contribution in [0.1, 0.15) is 27.0 Å². The van der Waals surface area contributed by atoms with Gasteiger partial charge in [-0.05, 0) is 62.1 Å². The van der Waals surface area contributed by atoms with E-state index in [1.165, 1.54) is 5.56 Å². The molecule has 38 heavy (non-hydrogen) atoms. The van der Waals surface area contributed by atoms with E-state index < -0.39 is 0 Å². The molecule has 1 heterocycles. The minimum Gasteiger partial charge on any atom is -0.494 e.